The highest BCUT2D eigenvalue weighted by Crippen LogP contribution is 2.25. The Labute approximate surface area is 119 Å². The second kappa shape index (κ2) is 6.11. The largest absolute Gasteiger partial charge is 0.452 e. The number of anilines is 1. The van der Waals surface area contributed by atoms with Gasteiger partial charge in [0, 0.05) is 5.56 Å². The van der Waals surface area contributed by atoms with Crippen molar-refractivity contribution in [2.24, 2.45) is 5.84 Å². The lowest BCUT2D eigenvalue weighted by Gasteiger charge is -2.16. The fourth-order valence-corrected chi connectivity index (χ4v) is 1.96. The van der Waals surface area contributed by atoms with E-state index in [1.165, 1.54) is 7.11 Å². The molecule has 0 bridgehead atoms. The number of halogens is 1. The highest BCUT2D eigenvalue weighted by atomic mass is 35.5. The fraction of sp³-hybridized carbons (Fsp3) is 0.308. The van der Waals surface area contributed by atoms with Crippen molar-refractivity contribution in [3.05, 3.63) is 28.8 Å². The highest BCUT2D eigenvalue weighted by Gasteiger charge is 2.15. The van der Waals surface area contributed by atoms with Gasteiger partial charge in [0.25, 0.3) is 0 Å². The van der Waals surface area contributed by atoms with Gasteiger partial charge in [-0.05, 0) is 18.2 Å². The van der Waals surface area contributed by atoms with Crippen LogP contribution in [0.5, 0.6) is 0 Å². The number of benzene rings is 1. The van der Waals surface area contributed by atoms with Crippen LogP contribution >= 0.6 is 11.6 Å². The minimum atomic E-state index is -1.46. The molecule has 0 heterocycles. The average molecular weight is 297 g/mol. The van der Waals surface area contributed by atoms with Gasteiger partial charge in [0.1, 0.15) is 8.07 Å². The molecule has 0 spiro atoms. The third-order valence-electron chi connectivity index (χ3n) is 2.16. The van der Waals surface area contributed by atoms with Crippen molar-refractivity contribution in [2.45, 2.75) is 19.6 Å². The number of rotatable bonds is 1. The van der Waals surface area contributed by atoms with Crippen LogP contribution in [-0.4, -0.2) is 21.3 Å². The molecule has 0 atom stereocenters. The number of amides is 1. The molecule has 102 valence electrons. The van der Waals surface area contributed by atoms with Crippen molar-refractivity contribution in [2.75, 3.05) is 12.1 Å². The Morgan fingerprint density at radius 1 is 1.42 bits per heavy atom. The van der Waals surface area contributed by atoms with Crippen LogP contribution in [0.3, 0.4) is 0 Å². The Kier molecular flexibility index (Phi) is 5.01. The number of hydrogen-bond donors (Lipinski definition) is 1. The summed E-state index contributed by atoms with van der Waals surface area (Å²) in [6.07, 6.45) is -0.683. The van der Waals surface area contributed by atoms with Gasteiger partial charge in [0.05, 0.1) is 17.8 Å². The van der Waals surface area contributed by atoms with Gasteiger partial charge in [-0.1, -0.05) is 37.2 Å². The van der Waals surface area contributed by atoms with Crippen LogP contribution in [-0.2, 0) is 4.74 Å². The van der Waals surface area contributed by atoms with Crippen LogP contribution in [0.2, 0.25) is 24.7 Å². The molecule has 0 aliphatic carbocycles. The van der Waals surface area contributed by atoms with Crippen LogP contribution in [0.1, 0.15) is 5.56 Å². The predicted molar refractivity (Wildman–Crippen MR) is 80.7 cm³/mol. The van der Waals surface area contributed by atoms with Gasteiger partial charge in [0.2, 0.25) is 0 Å². The van der Waals surface area contributed by atoms with Gasteiger partial charge >= 0.3 is 6.09 Å². The van der Waals surface area contributed by atoms with Crippen molar-refractivity contribution < 1.29 is 9.53 Å². The molecule has 0 saturated carbocycles. The SMILES string of the molecule is COC(=O)N(N)c1cc(C#C[Si](C)(C)C)ccc1Cl. The van der Waals surface area contributed by atoms with Crippen molar-refractivity contribution in [3.63, 3.8) is 0 Å². The van der Waals surface area contributed by atoms with Gasteiger partial charge in [0.15, 0.2) is 0 Å². The third-order valence-corrected chi connectivity index (χ3v) is 3.35. The molecule has 0 aromatic heterocycles. The van der Waals surface area contributed by atoms with E-state index in [0.717, 1.165) is 10.6 Å². The normalized spacial score (nSPS) is 10.4. The zero-order valence-electron chi connectivity index (χ0n) is 11.5. The molecule has 1 rings (SSSR count). The van der Waals surface area contributed by atoms with Crippen molar-refractivity contribution in [1.82, 2.24) is 0 Å². The summed E-state index contributed by atoms with van der Waals surface area (Å²) in [6.45, 7) is 6.46. The van der Waals surface area contributed by atoms with Gasteiger partial charge in [-0.25, -0.2) is 15.6 Å². The Morgan fingerprint density at radius 2 is 2.05 bits per heavy atom. The minimum Gasteiger partial charge on any atom is -0.452 e. The summed E-state index contributed by atoms with van der Waals surface area (Å²) >= 11 is 6.01. The first kappa shape index (κ1) is 15.6. The molecule has 0 unspecified atom stereocenters. The Morgan fingerprint density at radius 3 is 2.58 bits per heavy atom. The summed E-state index contributed by atoms with van der Waals surface area (Å²) < 4.78 is 4.55. The molecule has 4 nitrogen and oxygen atoms in total. The number of hydrogen-bond acceptors (Lipinski definition) is 3. The van der Waals surface area contributed by atoms with E-state index >= 15 is 0 Å². The standard InChI is InChI=1S/C13H17ClN2O2Si/c1-18-13(17)16(15)12-9-10(5-6-11(12)14)7-8-19(2,3)4/h5-6,9H,15H2,1-4H3. The molecule has 0 aliphatic heterocycles. The molecular formula is C13H17ClN2O2Si. The van der Waals surface area contributed by atoms with Crippen LogP contribution in [0.25, 0.3) is 0 Å². The number of ether oxygens (including phenoxy) is 1. The molecule has 0 fully saturated rings. The molecule has 6 heteroatoms. The Balaban J connectivity index is 3.13. The molecule has 2 N–H and O–H groups in total. The molecule has 0 aliphatic rings. The summed E-state index contributed by atoms with van der Waals surface area (Å²) in [7, 11) is -0.203. The molecular weight excluding hydrogens is 280 g/mol. The fourth-order valence-electron chi connectivity index (χ4n) is 1.23. The van der Waals surface area contributed by atoms with Crippen LogP contribution < -0.4 is 10.9 Å². The van der Waals surface area contributed by atoms with Crippen LogP contribution in [0, 0.1) is 11.5 Å². The lowest BCUT2D eigenvalue weighted by atomic mass is 10.2. The van der Waals surface area contributed by atoms with E-state index in [1.54, 1.807) is 18.2 Å². The monoisotopic (exact) mass is 296 g/mol. The molecule has 1 aromatic carbocycles. The van der Waals surface area contributed by atoms with E-state index in [1.807, 2.05) is 0 Å². The number of methoxy groups -OCH3 is 1. The maximum atomic E-state index is 11.4. The van der Waals surface area contributed by atoms with E-state index in [4.69, 9.17) is 17.4 Å². The van der Waals surface area contributed by atoms with Gasteiger partial charge in [-0.2, -0.15) is 0 Å². The first-order valence-corrected chi connectivity index (χ1v) is 9.58. The lowest BCUT2D eigenvalue weighted by molar-refractivity contribution is 0.178. The summed E-state index contributed by atoms with van der Waals surface area (Å²) in [5.41, 5.74) is 4.37. The number of nitrogens with two attached hydrogens (primary N) is 1. The summed E-state index contributed by atoms with van der Waals surface area (Å²) in [5, 5.41) is 1.23. The maximum Gasteiger partial charge on any atom is 0.428 e. The van der Waals surface area contributed by atoms with Crippen LogP contribution in [0.15, 0.2) is 18.2 Å². The zero-order valence-corrected chi connectivity index (χ0v) is 13.2. The highest BCUT2D eigenvalue weighted by molar-refractivity contribution is 6.83. The maximum absolute atomic E-state index is 11.4. The van der Waals surface area contributed by atoms with Crippen molar-refractivity contribution in [3.8, 4) is 11.5 Å². The molecule has 0 saturated heterocycles. The Hall–Kier alpha value is -1.48. The van der Waals surface area contributed by atoms with E-state index in [9.17, 15) is 4.79 Å². The first-order chi connectivity index (χ1) is 8.74. The number of nitrogens with zero attached hydrogens (tertiary/aromatic N) is 1. The third kappa shape index (κ3) is 4.60. The second-order valence-electron chi connectivity index (χ2n) is 5.01. The van der Waals surface area contributed by atoms with Gasteiger partial charge in [-0.3, -0.25) is 0 Å². The lowest BCUT2D eigenvalue weighted by Crippen LogP contribution is -2.37. The quantitative estimate of drug-likeness (QED) is 0.285. The summed E-state index contributed by atoms with van der Waals surface area (Å²) in [6, 6.07) is 5.13. The number of carbonyl (C=O) groups excluding carboxylic acids is 1. The topological polar surface area (TPSA) is 55.6 Å². The summed E-state index contributed by atoms with van der Waals surface area (Å²) in [4.78, 5) is 11.4. The predicted octanol–water partition coefficient (Wildman–Crippen LogP) is 3.02. The summed E-state index contributed by atoms with van der Waals surface area (Å²) in [5.74, 6) is 8.72. The second-order valence-corrected chi connectivity index (χ2v) is 10.2. The Bertz CT molecular complexity index is 544. The molecule has 1 aromatic rings. The van der Waals surface area contributed by atoms with Gasteiger partial charge < -0.3 is 4.74 Å². The molecule has 19 heavy (non-hydrogen) atoms. The average Bonchev–Trinajstić information content (AvgIpc) is 2.35. The molecule has 1 amide bonds. The van der Waals surface area contributed by atoms with E-state index < -0.39 is 14.2 Å². The number of carbonyl (C=O) groups is 1. The number of hydrazine groups is 1. The van der Waals surface area contributed by atoms with Crippen LogP contribution in [0.4, 0.5) is 10.5 Å². The van der Waals surface area contributed by atoms with E-state index in [2.05, 4.69) is 35.8 Å². The van der Waals surface area contributed by atoms with Crippen molar-refractivity contribution >= 4 is 31.5 Å². The first-order valence-electron chi connectivity index (χ1n) is 5.70. The zero-order chi connectivity index (χ0) is 14.6. The van der Waals surface area contributed by atoms with Gasteiger partial charge in [-0.15, -0.1) is 5.54 Å². The van der Waals surface area contributed by atoms with Crippen molar-refractivity contribution in [1.29, 1.82) is 0 Å². The smallest absolute Gasteiger partial charge is 0.428 e. The van der Waals surface area contributed by atoms with E-state index in [0.29, 0.717) is 10.7 Å². The molecule has 0 radical (unpaired) electrons. The minimum absolute atomic E-state index is 0.367. The van der Waals surface area contributed by atoms with E-state index in [-0.39, 0.29) is 0 Å².